The molecule has 19 heavy (non-hydrogen) atoms. The van der Waals surface area contributed by atoms with Gasteiger partial charge < -0.3 is 11.1 Å². The summed E-state index contributed by atoms with van der Waals surface area (Å²) >= 11 is 3.27. The molecule has 6 nitrogen and oxygen atoms in total. The largest absolute Gasteiger partial charge is 0.323 e. The molecule has 0 saturated carbocycles. The molecule has 104 valence electrons. The number of carbonyl (C=O) groups excluding carboxylic acids is 1. The zero-order valence-corrected chi connectivity index (χ0v) is 12.4. The Labute approximate surface area is 119 Å². The van der Waals surface area contributed by atoms with Gasteiger partial charge in [-0.3, -0.25) is 14.9 Å². The second kappa shape index (κ2) is 6.63. The van der Waals surface area contributed by atoms with Crippen LogP contribution >= 0.6 is 15.9 Å². The third kappa shape index (κ3) is 4.00. The number of nitro benzene ring substituents is 1. The van der Waals surface area contributed by atoms with E-state index in [1.807, 2.05) is 6.92 Å². The van der Waals surface area contributed by atoms with Crippen LogP contribution in [-0.2, 0) is 4.79 Å². The lowest BCUT2D eigenvalue weighted by Gasteiger charge is -2.13. The number of anilines is 1. The van der Waals surface area contributed by atoms with Crippen LogP contribution in [0, 0.1) is 17.0 Å². The maximum absolute atomic E-state index is 11.8. The molecule has 1 aromatic rings. The maximum Gasteiger partial charge on any atom is 0.274 e. The van der Waals surface area contributed by atoms with Crippen molar-refractivity contribution in [1.29, 1.82) is 0 Å². The topological polar surface area (TPSA) is 98.3 Å². The van der Waals surface area contributed by atoms with Crippen molar-refractivity contribution in [2.45, 2.75) is 32.7 Å². The molecule has 1 rings (SSSR count). The average molecular weight is 330 g/mol. The number of amides is 1. The van der Waals surface area contributed by atoms with E-state index in [2.05, 4.69) is 21.2 Å². The van der Waals surface area contributed by atoms with E-state index in [1.54, 1.807) is 13.0 Å². The van der Waals surface area contributed by atoms with Gasteiger partial charge in [-0.2, -0.15) is 0 Å². The van der Waals surface area contributed by atoms with Crippen molar-refractivity contribution < 1.29 is 9.72 Å². The van der Waals surface area contributed by atoms with Crippen molar-refractivity contribution in [3.05, 3.63) is 32.3 Å². The van der Waals surface area contributed by atoms with Crippen LogP contribution in [0.3, 0.4) is 0 Å². The molecule has 0 aliphatic rings. The van der Waals surface area contributed by atoms with Crippen molar-refractivity contribution in [1.82, 2.24) is 0 Å². The van der Waals surface area contributed by atoms with E-state index >= 15 is 0 Å². The van der Waals surface area contributed by atoms with Gasteiger partial charge in [0.05, 0.1) is 16.7 Å². The molecule has 0 unspecified atom stereocenters. The van der Waals surface area contributed by atoms with Crippen LogP contribution in [0.4, 0.5) is 11.4 Å². The molecule has 0 heterocycles. The fraction of sp³-hybridized carbons (Fsp3) is 0.417. The van der Waals surface area contributed by atoms with Gasteiger partial charge in [0.25, 0.3) is 5.69 Å². The number of aryl methyl sites for hydroxylation is 1. The molecule has 0 bridgehead atoms. The van der Waals surface area contributed by atoms with Crippen LogP contribution in [0.2, 0.25) is 0 Å². The van der Waals surface area contributed by atoms with Gasteiger partial charge >= 0.3 is 0 Å². The molecule has 0 saturated heterocycles. The average Bonchev–Trinajstić information content (AvgIpc) is 2.32. The number of nitrogens with two attached hydrogens (primary N) is 1. The quantitative estimate of drug-likeness (QED) is 0.640. The number of rotatable bonds is 5. The maximum atomic E-state index is 11.8. The van der Waals surface area contributed by atoms with E-state index in [4.69, 9.17) is 5.73 Å². The Bertz CT molecular complexity index is 505. The van der Waals surface area contributed by atoms with E-state index in [-0.39, 0.29) is 11.6 Å². The summed E-state index contributed by atoms with van der Waals surface area (Å²) in [7, 11) is 0. The smallest absolute Gasteiger partial charge is 0.274 e. The van der Waals surface area contributed by atoms with Gasteiger partial charge in [-0.15, -0.1) is 0 Å². The fourth-order valence-electron chi connectivity index (χ4n) is 1.62. The zero-order valence-electron chi connectivity index (χ0n) is 10.8. The Morgan fingerprint density at radius 3 is 2.74 bits per heavy atom. The van der Waals surface area contributed by atoms with E-state index in [0.717, 1.165) is 6.42 Å². The number of halogens is 1. The third-order valence-corrected chi connectivity index (χ3v) is 3.33. The Morgan fingerprint density at radius 2 is 2.21 bits per heavy atom. The Balaban J connectivity index is 2.98. The van der Waals surface area contributed by atoms with Crippen LogP contribution < -0.4 is 11.1 Å². The van der Waals surface area contributed by atoms with Crippen LogP contribution in [0.25, 0.3) is 0 Å². The second-order valence-corrected chi connectivity index (χ2v) is 5.11. The summed E-state index contributed by atoms with van der Waals surface area (Å²) in [5, 5.41) is 13.5. The van der Waals surface area contributed by atoms with Crippen LogP contribution in [0.5, 0.6) is 0 Å². The highest BCUT2D eigenvalue weighted by Crippen LogP contribution is 2.30. The molecular formula is C12H16BrN3O3. The summed E-state index contributed by atoms with van der Waals surface area (Å²) in [5.74, 6) is -0.347. The van der Waals surface area contributed by atoms with Gasteiger partial charge in [-0.1, -0.05) is 13.3 Å². The first-order chi connectivity index (χ1) is 8.86. The minimum absolute atomic E-state index is 0.0393. The van der Waals surface area contributed by atoms with Gasteiger partial charge in [-0.25, -0.2) is 0 Å². The lowest BCUT2D eigenvalue weighted by Crippen LogP contribution is -2.35. The minimum atomic E-state index is -0.614. The highest BCUT2D eigenvalue weighted by molar-refractivity contribution is 9.10. The predicted octanol–water partition coefficient (Wildman–Crippen LogP) is 2.73. The minimum Gasteiger partial charge on any atom is -0.323 e. The first-order valence-corrected chi connectivity index (χ1v) is 6.67. The van der Waals surface area contributed by atoms with Gasteiger partial charge in [0, 0.05) is 16.1 Å². The summed E-state index contributed by atoms with van der Waals surface area (Å²) < 4.78 is 0.590. The Kier molecular flexibility index (Phi) is 5.44. The predicted molar refractivity (Wildman–Crippen MR) is 77.0 cm³/mol. The molecule has 0 radical (unpaired) electrons. The molecule has 0 spiro atoms. The first-order valence-electron chi connectivity index (χ1n) is 5.87. The van der Waals surface area contributed by atoms with Crippen LogP contribution in [0.15, 0.2) is 16.6 Å². The number of nitrogens with zero attached hydrogens (tertiary/aromatic N) is 1. The summed E-state index contributed by atoms with van der Waals surface area (Å²) in [5.41, 5.74) is 6.53. The van der Waals surface area contributed by atoms with Crippen LogP contribution in [0.1, 0.15) is 25.3 Å². The summed E-state index contributed by atoms with van der Waals surface area (Å²) in [4.78, 5) is 22.2. The van der Waals surface area contributed by atoms with E-state index in [9.17, 15) is 14.9 Å². The van der Waals surface area contributed by atoms with Crippen LogP contribution in [-0.4, -0.2) is 16.9 Å². The van der Waals surface area contributed by atoms with Crippen molar-refractivity contribution in [3.63, 3.8) is 0 Å². The molecule has 1 atom stereocenters. The Morgan fingerprint density at radius 1 is 1.58 bits per heavy atom. The van der Waals surface area contributed by atoms with Crippen molar-refractivity contribution in [3.8, 4) is 0 Å². The lowest BCUT2D eigenvalue weighted by atomic mass is 10.1. The molecule has 1 aromatic carbocycles. The molecule has 1 amide bonds. The number of hydrogen-bond acceptors (Lipinski definition) is 4. The van der Waals surface area contributed by atoms with Gasteiger partial charge in [0.15, 0.2) is 0 Å². The monoisotopic (exact) mass is 329 g/mol. The van der Waals surface area contributed by atoms with Crippen molar-refractivity contribution >= 4 is 33.2 Å². The van der Waals surface area contributed by atoms with Crippen molar-refractivity contribution in [2.75, 3.05) is 5.32 Å². The summed E-state index contributed by atoms with van der Waals surface area (Å²) in [6.07, 6.45) is 1.36. The number of hydrogen-bond donors (Lipinski definition) is 2. The standard InChI is InChI=1S/C12H16BrN3O3/c1-3-4-9(14)12(17)15-10-6-11(16(18)19)7(2)5-8(10)13/h5-6,9H,3-4,14H2,1-2H3,(H,15,17)/t9-/m1/s1. The number of carbonyl (C=O) groups is 1. The lowest BCUT2D eigenvalue weighted by molar-refractivity contribution is -0.385. The normalized spacial score (nSPS) is 12.0. The van der Waals surface area contributed by atoms with E-state index < -0.39 is 11.0 Å². The van der Waals surface area contributed by atoms with Gasteiger partial charge in [0.2, 0.25) is 5.91 Å². The molecule has 0 aliphatic carbocycles. The Hall–Kier alpha value is -1.47. The van der Waals surface area contributed by atoms with E-state index in [0.29, 0.717) is 22.1 Å². The SMILES string of the molecule is CCC[C@@H](N)C(=O)Nc1cc([N+](=O)[O-])c(C)cc1Br. The van der Waals surface area contributed by atoms with Gasteiger partial charge in [0.1, 0.15) is 0 Å². The second-order valence-electron chi connectivity index (χ2n) is 4.26. The summed E-state index contributed by atoms with van der Waals surface area (Å²) in [6, 6.07) is 2.31. The molecule has 0 aliphatic heterocycles. The molecular weight excluding hydrogens is 314 g/mol. The molecule has 7 heteroatoms. The number of nitrogens with one attached hydrogen (secondary N) is 1. The van der Waals surface area contributed by atoms with Crippen molar-refractivity contribution in [2.24, 2.45) is 5.73 Å². The van der Waals surface area contributed by atoms with E-state index in [1.165, 1.54) is 6.07 Å². The highest BCUT2D eigenvalue weighted by Gasteiger charge is 2.18. The molecule has 3 N–H and O–H groups in total. The van der Waals surface area contributed by atoms with Gasteiger partial charge in [-0.05, 0) is 35.3 Å². The molecule has 0 aromatic heterocycles. The highest BCUT2D eigenvalue weighted by atomic mass is 79.9. The third-order valence-electron chi connectivity index (χ3n) is 2.68. The fourth-order valence-corrected chi connectivity index (χ4v) is 2.18. The molecule has 0 fully saturated rings. The summed E-state index contributed by atoms with van der Waals surface area (Å²) in [6.45, 7) is 3.57. The number of nitro groups is 1. The first kappa shape index (κ1) is 15.6. The number of benzene rings is 1. The zero-order chi connectivity index (χ0) is 14.6.